The van der Waals surface area contributed by atoms with Gasteiger partial charge in [0.25, 0.3) is 5.91 Å². The molecule has 1 saturated heterocycles. The molecular formula is C28H26FN3O2. The molecule has 2 amide bonds. The summed E-state index contributed by atoms with van der Waals surface area (Å²) in [6.45, 7) is 1.56. The van der Waals surface area contributed by atoms with E-state index in [2.05, 4.69) is 5.32 Å². The monoisotopic (exact) mass is 455 g/mol. The molecule has 4 aromatic rings. The van der Waals surface area contributed by atoms with Crippen molar-refractivity contribution in [1.82, 2.24) is 9.47 Å². The lowest BCUT2D eigenvalue weighted by atomic mass is 10.1. The summed E-state index contributed by atoms with van der Waals surface area (Å²) in [6, 6.07) is 23.7. The first-order valence-electron chi connectivity index (χ1n) is 11.6. The Hall–Kier alpha value is -3.93. The van der Waals surface area contributed by atoms with Crippen molar-refractivity contribution in [3.8, 4) is 0 Å². The van der Waals surface area contributed by atoms with Crippen molar-refractivity contribution in [2.45, 2.75) is 32.4 Å². The molecule has 34 heavy (non-hydrogen) atoms. The van der Waals surface area contributed by atoms with Crippen molar-refractivity contribution in [2.24, 2.45) is 0 Å². The molecule has 1 aliphatic heterocycles. The van der Waals surface area contributed by atoms with Crippen LogP contribution in [0.5, 0.6) is 0 Å². The fourth-order valence-corrected chi connectivity index (χ4v) is 4.56. The van der Waals surface area contributed by atoms with Gasteiger partial charge in [0, 0.05) is 41.7 Å². The molecule has 0 bridgehead atoms. The number of amides is 2. The van der Waals surface area contributed by atoms with Gasteiger partial charge < -0.3 is 14.8 Å². The molecule has 3 aromatic carbocycles. The van der Waals surface area contributed by atoms with Crippen LogP contribution in [0.15, 0.2) is 78.9 Å². The molecule has 1 fully saturated rings. The van der Waals surface area contributed by atoms with Crippen LogP contribution < -0.4 is 5.32 Å². The van der Waals surface area contributed by atoms with Gasteiger partial charge in [0.05, 0.1) is 6.54 Å². The number of anilines is 1. The molecule has 1 N–H and O–H groups in total. The highest BCUT2D eigenvalue weighted by atomic mass is 19.1. The standard InChI is InChI=1S/C28H26FN3O2/c29-24-12-3-1-10-22(24)19-32-25-13-4-2-9-21(25)17-26(32)28(34)30-23-11-7-8-20(16-23)18-31-15-6-5-14-27(31)33/h1-4,7-13,16-17H,5-6,14-15,18-19H2,(H,30,34). The van der Waals surface area contributed by atoms with Gasteiger partial charge in [0.15, 0.2) is 0 Å². The first kappa shape index (κ1) is 21.9. The van der Waals surface area contributed by atoms with Gasteiger partial charge in [-0.15, -0.1) is 0 Å². The second kappa shape index (κ2) is 9.51. The number of hydrogen-bond acceptors (Lipinski definition) is 2. The Morgan fingerprint density at radius 3 is 2.59 bits per heavy atom. The third-order valence-electron chi connectivity index (χ3n) is 6.31. The van der Waals surface area contributed by atoms with Gasteiger partial charge in [-0.05, 0) is 48.7 Å². The molecule has 2 heterocycles. The minimum atomic E-state index is -0.299. The van der Waals surface area contributed by atoms with Gasteiger partial charge in [-0.3, -0.25) is 9.59 Å². The van der Waals surface area contributed by atoms with E-state index >= 15 is 0 Å². The average Bonchev–Trinajstić information content (AvgIpc) is 3.21. The van der Waals surface area contributed by atoms with Gasteiger partial charge in [-0.25, -0.2) is 4.39 Å². The summed E-state index contributed by atoms with van der Waals surface area (Å²) in [5, 5.41) is 3.91. The highest BCUT2D eigenvalue weighted by molar-refractivity contribution is 6.06. The zero-order chi connectivity index (χ0) is 23.5. The number of para-hydroxylation sites is 1. The van der Waals surface area contributed by atoms with Gasteiger partial charge in [0.2, 0.25) is 5.91 Å². The lowest BCUT2D eigenvalue weighted by Crippen LogP contribution is -2.34. The number of hydrogen-bond donors (Lipinski definition) is 1. The molecule has 0 atom stereocenters. The maximum atomic E-state index is 14.4. The van der Waals surface area contributed by atoms with Gasteiger partial charge >= 0.3 is 0 Å². The molecule has 0 unspecified atom stereocenters. The van der Waals surface area contributed by atoms with E-state index in [9.17, 15) is 14.0 Å². The Balaban J connectivity index is 1.41. The van der Waals surface area contributed by atoms with Crippen molar-refractivity contribution in [2.75, 3.05) is 11.9 Å². The quantitative estimate of drug-likeness (QED) is 0.412. The largest absolute Gasteiger partial charge is 0.338 e. The Morgan fingerprint density at radius 1 is 0.912 bits per heavy atom. The number of aromatic nitrogens is 1. The maximum absolute atomic E-state index is 14.4. The summed E-state index contributed by atoms with van der Waals surface area (Å²) < 4.78 is 16.2. The van der Waals surface area contributed by atoms with E-state index in [0.29, 0.717) is 29.9 Å². The molecule has 6 heteroatoms. The molecule has 5 nitrogen and oxygen atoms in total. The van der Waals surface area contributed by atoms with Gasteiger partial charge in [-0.2, -0.15) is 0 Å². The molecule has 0 saturated carbocycles. The third-order valence-corrected chi connectivity index (χ3v) is 6.31. The van der Waals surface area contributed by atoms with Crippen LogP contribution in [0.3, 0.4) is 0 Å². The van der Waals surface area contributed by atoms with E-state index in [0.717, 1.165) is 35.9 Å². The SMILES string of the molecule is O=C(Nc1cccc(CN2CCCCC2=O)c1)c1cc2ccccc2n1Cc1ccccc1F. The lowest BCUT2D eigenvalue weighted by Gasteiger charge is -2.26. The molecule has 1 aromatic heterocycles. The van der Waals surface area contributed by atoms with Crippen molar-refractivity contribution >= 4 is 28.4 Å². The van der Waals surface area contributed by atoms with Crippen molar-refractivity contribution in [3.63, 3.8) is 0 Å². The topological polar surface area (TPSA) is 54.3 Å². The number of benzene rings is 3. The molecule has 172 valence electrons. The van der Waals surface area contributed by atoms with Gasteiger partial charge in [-0.1, -0.05) is 48.5 Å². The highest BCUT2D eigenvalue weighted by Gasteiger charge is 2.19. The zero-order valence-electron chi connectivity index (χ0n) is 18.8. The van der Waals surface area contributed by atoms with Crippen LogP contribution in [0.1, 0.15) is 40.9 Å². The summed E-state index contributed by atoms with van der Waals surface area (Å²) in [4.78, 5) is 27.4. The molecule has 0 radical (unpaired) electrons. The number of carbonyl (C=O) groups is 2. The van der Waals surface area contributed by atoms with E-state index in [1.165, 1.54) is 6.07 Å². The van der Waals surface area contributed by atoms with Crippen LogP contribution in [0, 0.1) is 5.82 Å². The Morgan fingerprint density at radius 2 is 1.74 bits per heavy atom. The normalized spacial score (nSPS) is 13.9. The predicted molar refractivity (Wildman–Crippen MR) is 131 cm³/mol. The second-order valence-corrected chi connectivity index (χ2v) is 8.69. The van der Waals surface area contributed by atoms with E-state index in [4.69, 9.17) is 0 Å². The number of rotatable bonds is 6. The van der Waals surface area contributed by atoms with E-state index in [1.54, 1.807) is 18.2 Å². The fraction of sp³-hybridized carbons (Fsp3) is 0.214. The Kier molecular flexibility index (Phi) is 6.12. The van der Waals surface area contributed by atoms with Crippen LogP contribution in [-0.4, -0.2) is 27.8 Å². The number of nitrogens with one attached hydrogen (secondary N) is 1. The first-order valence-corrected chi connectivity index (χ1v) is 11.6. The fourth-order valence-electron chi connectivity index (χ4n) is 4.56. The molecule has 5 rings (SSSR count). The smallest absolute Gasteiger partial charge is 0.272 e. The molecule has 0 aliphatic carbocycles. The van der Waals surface area contributed by atoms with Crippen molar-refractivity contribution < 1.29 is 14.0 Å². The maximum Gasteiger partial charge on any atom is 0.272 e. The second-order valence-electron chi connectivity index (χ2n) is 8.69. The van der Waals surface area contributed by atoms with E-state index < -0.39 is 0 Å². The van der Waals surface area contributed by atoms with Crippen molar-refractivity contribution in [3.05, 3.63) is 102 Å². The minimum Gasteiger partial charge on any atom is -0.338 e. The summed E-state index contributed by atoms with van der Waals surface area (Å²) in [7, 11) is 0. The number of carbonyl (C=O) groups excluding carboxylic acids is 2. The minimum absolute atomic E-state index is 0.179. The van der Waals surface area contributed by atoms with Crippen LogP contribution in [0.4, 0.5) is 10.1 Å². The number of nitrogens with zero attached hydrogens (tertiary/aromatic N) is 2. The number of likely N-dealkylation sites (tertiary alicyclic amines) is 1. The summed E-state index contributed by atoms with van der Waals surface area (Å²) in [5.74, 6) is -0.385. The summed E-state index contributed by atoms with van der Waals surface area (Å²) >= 11 is 0. The number of halogens is 1. The first-order chi connectivity index (χ1) is 16.6. The highest BCUT2D eigenvalue weighted by Crippen LogP contribution is 2.24. The summed E-state index contributed by atoms with van der Waals surface area (Å²) in [5.41, 5.74) is 3.48. The lowest BCUT2D eigenvalue weighted by molar-refractivity contribution is -0.133. The number of piperidine rings is 1. The predicted octanol–water partition coefficient (Wildman–Crippen LogP) is 5.59. The van der Waals surface area contributed by atoms with Crippen molar-refractivity contribution in [1.29, 1.82) is 0 Å². The van der Waals surface area contributed by atoms with Crippen LogP contribution in [0.2, 0.25) is 0 Å². The van der Waals surface area contributed by atoms with Crippen LogP contribution in [0.25, 0.3) is 10.9 Å². The number of fused-ring (bicyclic) bond motifs is 1. The third kappa shape index (κ3) is 4.57. The Labute approximate surface area is 197 Å². The average molecular weight is 456 g/mol. The Bertz CT molecular complexity index is 1360. The van der Waals surface area contributed by atoms with E-state index in [-0.39, 0.29) is 24.2 Å². The molecule has 1 aliphatic rings. The zero-order valence-corrected chi connectivity index (χ0v) is 18.8. The molecular weight excluding hydrogens is 429 g/mol. The molecule has 0 spiro atoms. The summed E-state index contributed by atoms with van der Waals surface area (Å²) in [6.07, 6.45) is 2.57. The van der Waals surface area contributed by atoms with E-state index in [1.807, 2.05) is 64.1 Å². The van der Waals surface area contributed by atoms with Gasteiger partial charge in [0.1, 0.15) is 11.5 Å². The van der Waals surface area contributed by atoms with Crippen LogP contribution >= 0.6 is 0 Å². The van der Waals surface area contributed by atoms with Crippen LogP contribution in [-0.2, 0) is 17.9 Å².